The van der Waals surface area contributed by atoms with E-state index in [-0.39, 0.29) is 17.7 Å². The lowest BCUT2D eigenvalue weighted by atomic mass is 10.1. The van der Waals surface area contributed by atoms with E-state index in [0.717, 1.165) is 23.5 Å². The first-order valence-corrected chi connectivity index (χ1v) is 9.27. The molecule has 0 saturated heterocycles. The summed E-state index contributed by atoms with van der Waals surface area (Å²) in [4.78, 5) is 30.6. The number of nitrogens with one attached hydrogen (secondary N) is 1. The van der Waals surface area contributed by atoms with Gasteiger partial charge in [-0.3, -0.25) is 14.6 Å². The molecule has 0 bridgehead atoms. The second-order valence-electron chi connectivity index (χ2n) is 7.08. The molecule has 0 aliphatic carbocycles. The number of nitrogens with zero attached hydrogens (tertiary/aromatic N) is 2. The molecule has 0 radical (unpaired) electrons. The van der Waals surface area contributed by atoms with Crippen LogP contribution in [0.4, 0.5) is 17.1 Å². The summed E-state index contributed by atoms with van der Waals surface area (Å²) in [5.74, 6) is -0.0265. The average Bonchev–Trinajstić information content (AvgIpc) is 3.03. The Kier molecular flexibility index (Phi) is 4.65. The lowest BCUT2D eigenvalue weighted by Crippen LogP contribution is -2.35. The van der Waals surface area contributed by atoms with Gasteiger partial charge in [-0.1, -0.05) is 18.2 Å². The Morgan fingerprint density at radius 3 is 2.50 bits per heavy atom. The van der Waals surface area contributed by atoms with Gasteiger partial charge >= 0.3 is 0 Å². The smallest absolute Gasteiger partial charge is 0.260 e. The second-order valence-corrected chi connectivity index (χ2v) is 7.08. The minimum atomic E-state index is -0.0551. The number of para-hydroxylation sites is 1. The van der Waals surface area contributed by atoms with Gasteiger partial charge in [0, 0.05) is 29.2 Å². The lowest BCUT2D eigenvalue weighted by Gasteiger charge is -2.23. The summed E-state index contributed by atoms with van der Waals surface area (Å²) < 4.78 is 0. The van der Waals surface area contributed by atoms with Gasteiger partial charge in [-0.25, -0.2) is 0 Å². The molecule has 1 amide bonds. The molecule has 2 heterocycles. The number of hydrogen-bond acceptors (Lipinski definition) is 4. The number of hydrogen-bond donors (Lipinski definition) is 1. The molecule has 1 aliphatic heterocycles. The van der Waals surface area contributed by atoms with Crippen molar-refractivity contribution < 1.29 is 9.59 Å². The van der Waals surface area contributed by atoms with Crippen molar-refractivity contribution in [3.05, 3.63) is 83.7 Å². The molecule has 1 unspecified atom stereocenters. The van der Waals surface area contributed by atoms with Crippen LogP contribution in [-0.4, -0.2) is 22.7 Å². The van der Waals surface area contributed by atoms with Gasteiger partial charge in [-0.2, -0.15) is 0 Å². The third-order valence-electron chi connectivity index (χ3n) is 4.99. The summed E-state index contributed by atoms with van der Waals surface area (Å²) in [5, 5.41) is 3.24. The largest absolute Gasteiger partial charge is 0.354 e. The molecule has 3 aromatic rings. The maximum absolute atomic E-state index is 13.2. The monoisotopic (exact) mass is 371 g/mol. The number of amides is 1. The second kappa shape index (κ2) is 7.27. The summed E-state index contributed by atoms with van der Waals surface area (Å²) in [6.45, 7) is 3.60. The predicted molar refractivity (Wildman–Crippen MR) is 110 cm³/mol. The van der Waals surface area contributed by atoms with Crippen molar-refractivity contribution in [2.75, 3.05) is 10.2 Å². The number of rotatable bonds is 4. The summed E-state index contributed by atoms with van der Waals surface area (Å²) in [6.07, 6.45) is 4.13. The Morgan fingerprint density at radius 1 is 1.00 bits per heavy atom. The van der Waals surface area contributed by atoms with E-state index in [0.29, 0.717) is 11.1 Å². The average molecular weight is 371 g/mol. The zero-order valence-corrected chi connectivity index (χ0v) is 15.8. The maximum atomic E-state index is 13.2. The molecule has 0 fully saturated rings. The van der Waals surface area contributed by atoms with Crippen LogP contribution in [-0.2, 0) is 6.42 Å². The minimum absolute atomic E-state index is 0.0285. The molecule has 1 atom stereocenters. The number of ketones is 1. The molecule has 1 N–H and O–H groups in total. The van der Waals surface area contributed by atoms with Crippen molar-refractivity contribution in [3.8, 4) is 0 Å². The highest BCUT2D eigenvalue weighted by molar-refractivity contribution is 6.08. The predicted octanol–water partition coefficient (Wildman–Crippen LogP) is 4.62. The SMILES string of the molecule is CC(=O)c1ccc(Nc2cncc(C(=O)N3c4ccccc4CC3C)c2)cc1. The minimum Gasteiger partial charge on any atom is -0.354 e. The van der Waals surface area contributed by atoms with Crippen LogP contribution in [0.3, 0.4) is 0 Å². The van der Waals surface area contributed by atoms with Crippen molar-refractivity contribution in [2.45, 2.75) is 26.3 Å². The van der Waals surface area contributed by atoms with Crippen LogP contribution in [0.5, 0.6) is 0 Å². The quantitative estimate of drug-likeness (QED) is 0.680. The third kappa shape index (κ3) is 3.39. The van der Waals surface area contributed by atoms with Gasteiger partial charge in [0.15, 0.2) is 5.78 Å². The van der Waals surface area contributed by atoms with Gasteiger partial charge in [0.1, 0.15) is 0 Å². The van der Waals surface area contributed by atoms with Crippen LogP contribution in [0.25, 0.3) is 0 Å². The Balaban J connectivity index is 1.57. The highest BCUT2D eigenvalue weighted by Crippen LogP contribution is 2.33. The molecule has 5 nitrogen and oxygen atoms in total. The number of Topliss-reactive ketones (excluding diaryl/α,β-unsaturated/α-hetero) is 1. The van der Waals surface area contributed by atoms with Crippen LogP contribution in [0.2, 0.25) is 0 Å². The number of carbonyl (C=O) groups excluding carboxylic acids is 2. The van der Waals surface area contributed by atoms with Crippen LogP contribution < -0.4 is 10.2 Å². The number of anilines is 3. The zero-order chi connectivity index (χ0) is 19.7. The lowest BCUT2D eigenvalue weighted by molar-refractivity contribution is 0.0979. The fraction of sp³-hybridized carbons (Fsp3) is 0.174. The van der Waals surface area contributed by atoms with Crippen molar-refractivity contribution in [2.24, 2.45) is 0 Å². The Hall–Kier alpha value is -3.47. The molecule has 140 valence electrons. The van der Waals surface area contributed by atoms with E-state index in [9.17, 15) is 9.59 Å². The standard InChI is InChI=1S/C23H21N3O2/c1-15-11-18-5-3-4-6-22(18)26(15)23(28)19-12-21(14-24-13-19)25-20-9-7-17(8-10-20)16(2)27/h3-10,12-15,25H,11H2,1-2H3. The molecular weight excluding hydrogens is 350 g/mol. The van der Waals surface area contributed by atoms with Gasteiger partial charge in [0.2, 0.25) is 0 Å². The Morgan fingerprint density at radius 2 is 1.75 bits per heavy atom. The van der Waals surface area contributed by atoms with Crippen LogP contribution >= 0.6 is 0 Å². The highest BCUT2D eigenvalue weighted by atomic mass is 16.2. The molecule has 0 saturated carbocycles. The van der Waals surface area contributed by atoms with Gasteiger partial charge in [-0.15, -0.1) is 0 Å². The van der Waals surface area contributed by atoms with Gasteiger partial charge in [-0.05, 0) is 62.2 Å². The number of carbonyl (C=O) groups is 2. The molecule has 28 heavy (non-hydrogen) atoms. The van der Waals surface area contributed by atoms with E-state index in [1.807, 2.05) is 41.3 Å². The van der Waals surface area contributed by atoms with Gasteiger partial charge < -0.3 is 10.2 Å². The normalized spacial score (nSPS) is 15.2. The van der Waals surface area contributed by atoms with E-state index in [1.165, 1.54) is 5.56 Å². The van der Waals surface area contributed by atoms with E-state index < -0.39 is 0 Å². The number of fused-ring (bicyclic) bond motifs is 1. The topological polar surface area (TPSA) is 62.3 Å². The first kappa shape index (κ1) is 17.9. The van der Waals surface area contributed by atoms with Crippen molar-refractivity contribution in [1.29, 1.82) is 0 Å². The molecule has 0 spiro atoms. The zero-order valence-electron chi connectivity index (χ0n) is 15.8. The fourth-order valence-electron chi connectivity index (χ4n) is 3.59. The maximum Gasteiger partial charge on any atom is 0.260 e. The van der Waals surface area contributed by atoms with Gasteiger partial charge in [0.25, 0.3) is 5.91 Å². The van der Waals surface area contributed by atoms with Crippen LogP contribution in [0, 0.1) is 0 Å². The van der Waals surface area contributed by atoms with E-state index in [4.69, 9.17) is 0 Å². The summed E-state index contributed by atoms with van der Waals surface area (Å²) in [5.41, 5.74) is 4.91. The molecule has 5 heteroatoms. The molecule has 2 aromatic carbocycles. The molecular formula is C23H21N3O2. The van der Waals surface area contributed by atoms with E-state index in [1.54, 1.807) is 31.5 Å². The van der Waals surface area contributed by atoms with E-state index in [2.05, 4.69) is 23.3 Å². The van der Waals surface area contributed by atoms with Crippen molar-refractivity contribution in [1.82, 2.24) is 4.98 Å². The summed E-state index contributed by atoms with van der Waals surface area (Å²) >= 11 is 0. The summed E-state index contributed by atoms with van der Waals surface area (Å²) in [7, 11) is 0. The van der Waals surface area contributed by atoms with Crippen molar-refractivity contribution in [3.63, 3.8) is 0 Å². The third-order valence-corrected chi connectivity index (χ3v) is 4.99. The number of aromatic nitrogens is 1. The van der Waals surface area contributed by atoms with Crippen molar-refractivity contribution >= 4 is 28.8 Å². The van der Waals surface area contributed by atoms with Gasteiger partial charge in [0.05, 0.1) is 17.4 Å². The van der Waals surface area contributed by atoms with E-state index >= 15 is 0 Å². The fourth-order valence-corrected chi connectivity index (χ4v) is 3.59. The Labute approximate surface area is 164 Å². The first-order chi connectivity index (χ1) is 13.5. The molecule has 4 rings (SSSR count). The Bertz CT molecular complexity index is 1040. The van der Waals surface area contributed by atoms with Crippen LogP contribution in [0.1, 0.15) is 40.1 Å². The number of benzene rings is 2. The summed E-state index contributed by atoms with van der Waals surface area (Å²) in [6, 6.07) is 17.2. The number of pyridine rings is 1. The molecule has 1 aromatic heterocycles. The first-order valence-electron chi connectivity index (χ1n) is 9.27. The van der Waals surface area contributed by atoms with Crippen LogP contribution in [0.15, 0.2) is 67.0 Å². The highest BCUT2D eigenvalue weighted by Gasteiger charge is 2.31. The molecule has 1 aliphatic rings.